The molecule has 0 spiro atoms. The number of carbonyl (C=O) groups excluding carboxylic acids is 1. The zero-order chi connectivity index (χ0) is 13.1. The van der Waals surface area contributed by atoms with Crippen LogP contribution in [0.2, 0.25) is 0 Å². The van der Waals surface area contributed by atoms with Crippen LogP contribution in [-0.2, 0) is 4.79 Å². The molecule has 0 aromatic heterocycles. The van der Waals surface area contributed by atoms with Gasteiger partial charge in [0.2, 0.25) is 0 Å². The van der Waals surface area contributed by atoms with Gasteiger partial charge in [-0.15, -0.1) is 0 Å². The molecule has 102 valence electrons. The molecule has 2 atom stereocenters. The van der Waals surface area contributed by atoms with Gasteiger partial charge in [0, 0.05) is 32.7 Å². The van der Waals surface area contributed by atoms with Gasteiger partial charge in [-0.05, 0) is 18.3 Å². The third-order valence-corrected chi connectivity index (χ3v) is 3.81. The van der Waals surface area contributed by atoms with Gasteiger partial charge in [-0.3, -0.25) is 9.69 Å². The number of carbonyl (C=O) groups is 2. The second-order valence-corrected chi connectivity index (χ2v) is 5.32. The molecule has 1 saturated carbocycles. The third kappa shape index (κ3) is 3.60. The van der Waals surface area contributed by atoms with Crippen molar-refractivity contribution in [2.45, 2.75) is 13.3 Å². The maximum atomic E-state index is 11.8. The minimum atomic E-state index is -0.810. The molecule has 2 rings (SSSR count). The Labute approximate surface area is 107 Å². The number of hydrogen-bond acceptors (Lipinski definition) is 3. The summed E-state index contributed by atoms with van der Waals surface area (Å²) in [6.45, 7) is 5.53. The second-order valence-electron chi connectivity index (χ2n) is 5.32. The highest BCUT2D eigenvalue weighted by molar-refractivity contribution is 5.74. The summed E-state index contributed by atoms with van der Waals surface area (Å²) in [5.41, 5.74) is 0. The summed E-state index contributed by atoms with van der Waals surface area (Å²) in [5.74, 6) is 0.593. The summed E-state index contributed by atoms with van der Waals surface area (Å²) in [5, 5.41) is 11.6. The molecule has 0 radical (unpaired) electrons. The summed E-state index contributed by atoms with van der Waals surface area (Å²) < 4.78 is 0. The van der Waals surface area contributed by atoms with Crippen LogP contribution in [0.3, 0.4) is 0 Å². The van der Waals surface area contributed by atoms with Crippen LogP contribution in [0, 0.1) is 11.8 Å². The van der Waals surface area contributed by atoms with Crippen LogP contribution in [0.4, 0.5) is 4.79 Å². The van der Waals surface area contributed by atoms with E-state index in [9.17, 15) is 9.59 Å². The van der Waals surface area contributed by atoms with Crippen LogP contribution >= 0.6 is 0 Å². The molecule has 2 N–H and O–H groups in total. The van der Waals surface area contributed by atoms with Crippen molar-refractivity contribution in [3.63, 3.8) is 0 Å². The van der Waals surface area contributed by atoms with E-state index in [1.165, 1.54) is 6.42 Å². The lowest BCUT2D eigenvalue weighted by atomic mass is 10.3. The van der Waals surface area contributed by atoms with E-state index in [0.717, 1.165) is 12.5 Å². The molecule has 2 fully saturated rings. The number of amides is 2. The first-order valence-corrected chi connectivity index (χ1v) is 6.53. The number of nitrogens with zero attached hydrogens (tertiary/aromatic N) is 2. The van der Waals surface area contributed by atoms with E-state index in [1.54, 1.807) is 4.90 Å². The van der Waals surface area contributed by atoms with Gasteiger partial charge in [0.15, 0.2) is 0 Å². The van der Waals surface area contributed by atoms with Crippen molar-refractivity contribution in [3.8, 4) is 0 Å². The number of hydrogen-bond donors (Lipinski definition) is 2. The van der Waals surface area contributed by atoms with Crippen LogP contribution in [0.15, 0.2) is 0 Å². The van der Waals surface area contributed by atoms with Crippen LogP contribution < -0.4 is 5.32 Å². The van der Waals surface area contributed by atoms with Crippen LogP contribution in [0.1, 0.15) is 13.3 Å². The van der Waals surface area contributed by atoms with Gasteiger partial charge in [0.25, 0.3) is 0 Å². The fourth-order valence-corrected chi connectivity index (χ4v) is 2.31. The van der Waals surface area contributed by atoms with Gasteiger partial charge < -0.3 is 15.3 Å². The number of aliphatic carboxylic acids is 1. The molecule has 2 amide bonds. The lowest BCUT2D eigenvalue weighted by molar-refractivity contribution is -0.138. The molecule has 1 aliphatic heterocycles. The Morgan fingerprint density at radius 1 is 1.28 bits per heavy atom. The van der Waals surface area contributed by atoms with Crippen molar-refractivity contribution >= 4 is 12.0 Å². The molecular formula is C12H21N3O3. The van der Waals surface area contributed by atoms with Crippen LogP contribution in [0.5, 0.6) is 0 Å². The first-order chi connectivity index (χ1) is 8.56. The Hall–Kier alpha value is -1.30. The van der Waals surface area contributed by atoms with E-state index in [-0.39, 0.29) is 12.6 Å². The van der Waals surface area contributed by atoms with Crippen molar-refractivity contribution < 1.29 is 14.7 Å². The summed E-state index contributed by atoms with van der Waals surface area (Å²) in [6, 6.07) is -0.0101. The van der Waals surface area contributed by atoms with E-state index >= 15 is 0 Å². The molecule has 1 heterocycles. The zero-order valence-corrected chi connectivity index (χ0v) is 10.8. The van der Waals surface area contributed by atoms with Crippen molar-refractivity contribution in [3.05, 3.63) is 0 Å². The summed E-state index contributed by atoms with van der Waals surface area (Å²) in [7, 11) is 0. The van der Waals surface area contributed by atoms with Gasteiger partial charge in [-0.1, -0.05) is 6.92 Å². The highest BCUT2D eigenvalue weighted by Crippen LogP contribution is 2.36. The Balaban J connectivity index is 1.65. The fraction of sp³-hybridized carbons (Fsp3) is 0.833. The van der Waals surface area contributed by atoms with E-state index in [2.05, 4.69) is 12.2 Å². The number of carboxylic acids is 1. The van der Waals surface area contributed by atoms with Gasteiger partial charge >= 0.3 is 12.0 Å². The molecule has 0 bridgehead atoms. The maximum absolute atomic E-state index is 11.8. The molecular weight excluding hydrogens is 234 g/mol. The standard InChI is InChI=1S/C12H21N3O3/c1-9-6-10(9)7-13-12(18)15-4-2-14(3-5-15)8-11(16)17/h9-10H,2-8H2,1H3,(H,13,18)(H,16,17). The Morgan fingerprint density at radius 2 is 1.89 bits per heavy atom. The molecule has 1 saturated heterocycles. The fourth-order valence-electron chi connectivity index (χ4n) is 2.31. The quantitative estimate of drug-likeness (QED) is 0.745. The molecule has 6 nitrogen and oxygen atoms in total. The zero-order valence-electron chi connectivity index (χ0n) is 10.8. The van der Waals surface area contributed by atoms with E-state index in [0.29, 0.717) is 32.1 Å². The molecule has 2 unspecified atom stereocenters. The average molecular weight is 255 g/mol. The smallest absolute Gasteiger partial charge is 0.317 e. The Bertz CT molecular complexity index is 327. The molecule has 2 aliphatic rings. The van der Waals surface area contributed by atoms with E-state index in [1.807, 2.05) is 4.90 Å². The van der Waals surface area contributed by atoms with Crippen molar-refractivity contribution in [2.24, 2.45) is 11.8 Å². The van der Waals surface area contributed by atoms with Gasteiger partial charge in [0.1, 0.15) is 0 Å². The highest BCUT2D eigenvalue weighted by atomic mass is 16.4. The van der Waals surface area contributed by atoms with Crippen LogP contribution in [0.25, 0.3) is 0 Å². The summed E-state index contributed by atoms with van der Waals surface area (Å²) >= 11 is 0. The first kappa shape index (κ1) is 13.1. The van der Waals surface area contributed by atoms with Gasteiger partial charge in [0.05, 0.1) is 6.54 Å². The Kier molecular flexibility index (Phi) is 4.06. The monoisotopic (exact) mass is 255 g/mol. The molecule has 1 aliphatic carbocycles. The number of carboxylic acid groups (broad SMARTS) is 1. The minimum absolute atomic E-state index is 0.0101. The first-order valence-electron chi connectivity index (χ1n) is 6.53. The molecule has 0 aromatic rings. The number of nitrogens with one attached hydrogen (secondary N) is 1. The second kappa shape index (κ2) is 5.56. The Morgan fingerprint density at radius 3 is 2.39 bits per heavy atom. The molecule has 18 heavy (non-hydrogen) atoms. The normalized spacial score (nSPS) is 27.9. The number of piperazine rings is 1. The van der Waals surface area contributed by atoms with E-state index < -0.39 is 5.97 Å². The number of urea groups is 1. The molecule has 6 heteroatoms. The summed E-state index contributed by atoms with van der Waals surface area (Å²) in [4.78, 5) is 26.0. The third-order valence-electron chi connectivity index (χ3n) is 3.81. The van der Waals surface area contributed by atoms with Crippen LogP contribution in [-0.4, -0.2) is 66.2 Å². The minimum Gasteiger partial charge on any atom is -0.480 e. The van der Waals surface area contributed by atoms with E-state index in [4.69, 9.17) is 5.11 Å². The van der Waals surface area contributed by atoms with Gasteiger partial charge in [-0.25, -0.2) is 4.79 Å². The predicted octanol–water partition coefficient (Wildman–Crippen LogP) is 0.0542. The predicted molar refractivity (Wildman–Crippen MR) is 66.3 cm³/mol. The highest BCUT2D eigenvalue weighted by Gasteiger charge is 2.33. The summed E-state index contributed by atoms with van der Waals surface area (Å²) in [6.07, 6.45) is 1.21. The number of rotatable bonds is 4. The maximum Gasteiger partial charge on any atom is 0.317 e. The lowest BCUT2D eigenvalue weighted by Crippen LogP contribution is -2.52. The van der Waals surface area contributed by atoms with Gasteiger partial charge in [-0.2, -0.15) is 0 Å². The van der Waals surface area contributed by atoms with Crippen molar-refractivity contribution in [1.29, 1.82) is 0 Å². The lowest BCUT2D eigenvalue weighted by Gasteiger charge is -2.33. The SMILES string of the molecule is CC1CC1CNC(=O)N1CCN(CC(=O)O)CC1. The topological polar surface area (TPSA) is 72.9 Å². The average Bonchev–Trinajstić information content (AvgIpc) is 3.02. The van der Waals surface area contributed by atoms with Crippen molar-refractivity contribution in [2.75, 3.05) is 39.3 Å². The van der Waals surface area contributed by atoms with Crippen molar-refractivity contribution in [1.82, 2.24) is 15.1 Å². The largest absolute Gasteiger partial charge is 0.480 e. The molecule has 0 aromatic carbocycles.